The Kier molecular flexibility index (Phi) is 4.62. The summed E-state index contributed by atoms with van der Waals surface area (Å²) in [6.07, 6.45) is 0. The second kappa shape index (κ2) is 5.85. The van der Waals surface area contributed by atoms with Gasteiger partial charge in [0.2, 0.25) is 0 Å². The van der Waals surface area contributed by atoms with Gasteiger partial charge in [-0.05, 0) is 25.1 Å². The Morgan fingerprint density at radius 3 is 2.94 bits per heavy atom. The van der Waals surface area contributed by atoms with Crippen LogP contribution in [0.1, 0.15) is 24.2 Å². The van der Waals surface area contributed by atoms with Gasteiger partial charge in [-0.15, -0.1) is 0 Å². The monoisotopic (exact) mass is 347 g/mol. The van der Waals surface area contributed by atoms with E-state index in [1.807, 2.05) is 22.7 Å². The molecule has 2 unspecified atom stereocenters. The molecule has 0 aliphatic carbocycles. The quantitative estimate of drug-likeness (QED) is 0.762. The Morgan fingerprint density at radius 2 is 2.22 bits per heavy atom. The number of nitrogens with zero attached hydrogens (tertiary/aromatic N) is 1. The lowest BCUT2D eigenvalue weighted by molar-refractivity contribution is 0.0698. The highest BCUT2D eigenvalue weighted by Crippen LogP contribution is 2.28. The number of thioether (sulfide) groups is 1. The first-order valence-corrected chi connectivity index (χ1v) is 8.10. The molecule has 0 spiro atoms. The molecule has 1 aliphatic rings. The van der Waals surface area contributed by atoms with Crippen LogP contribution in [0.3, 0.4) is 0 Å². The van der Waals surface area contributed by atoms with Crippen molar-refractivity contribution in [1.29, 1.82) is 0 Å². The summed E-state index contributed by atoms with van der Waals surface area (Å²) in [6.45, 7) is 5.05. The van der Waals surface area contributed by atoms with Crippen molar-refractivity contribution in [2.75, 3.05) is 12.3 Å². The average Bonchev–Trinajstić information content (AvgIpc) is 2.35. The standard InChI is InChI=1S/C13H15BrClNOS/c1-8-9(2)18-6-5-16(8)13(17)11-7-10(14)3-4-12(11)15/h3-4,7-9H,5-6H2,1-2H3. The van der Waals surface area contributed by atoms with Crippen molar-refractivity contribution in [3.63, 3.8) is 0 Å². The third-order valence-corrected chi connectivity index (χ3v) is 5.46. The summed E-state index contributed by atoms with van der Waals surface area (Å²) in [5.74, 6) is 1.02. The second-order valence-electron chi connectivity index (χ2n) is 4.44. The Bertz CT molecular complexity index is 468. The summed E-state index contributed by atoms with van der Waals surface area (Å²) in [7, 11) is 0. The molecule has 2 nitrogen and oxygen atoms in total. The van der Waals surface area contributed by atoms with Gasteiger partial charge in [-0.25, -0.2) is 0 Å². The summed E-state index contributed by atoms with van der Waals surface area (Å²) < 4.78 is 0.877. The van der Waals surface area contributed by atoms with Gasteiger partial charge in [-0.2, -0.15) is 11.8 Å². The van der Waals surface area contributed by atoms with Crippen LogP contribution in [0, 0.1) is 0 Å². The zero-order chi connectivity index (χ0) is 13.3. The summed E-state index contributed by atoms with van der Waals surface area (Å²) in [4.78, 5) is 14.5. The van der Waals surface area contributed by atoms with E-state index >= 15 is 0 Å². The Hall–Kier alpha value is -0.190. The van der Waals surface area contributed by atoms with Crippen LogP contribution in [0.4, 0.5) is 0 Å². The molecule has 1 aromatic carbocycles. The van der Waals surface area contributed by atoms with Gasteiger partial charge in [0.05, 0.1) is 10.6 Å². The summed E-state index contributed by atoms with van der Waals surface area (Å²) in [5, 5.41) is 0.981. The Morgan fingerprint density at radius 1 is 1.50 bits per heavy atom. The van der Waals surface area contributed by atoms with Crippen LogP contribution in [-0.4, -0.2) is 34.4 Å². The fourth-order valence-corrected chi connectivity index (χ4v) is 3.69. The number of halogens is 2. The van der Waals surface area contributed by atoms with Gasteiger partial charge in [0.25, 0.3) is 5.91 Å². The van der Waals surface area contributed by atoms with Crippen LogP contribution >= 0.6 is 39.3 Å². The van der Waals surface area contributed by atoms with Crippen molar-refractivity contribution in [3.05, 3.63) is 33.3 Å². The predicted molar refractivity (Wildman–Crippen MR) is 81.6 cm³/mol. The average molecular weight is 349 g/mol. The van der Waals surface area contributed by atoms with E-state index in [0.29, 0.717) is 15.8 Å². The van der Waals surface area contributed by atoms with Crippen molar-refractivity contribution < 1.29 is 4.79 Å². The van der Waals surface area contributed by atoms with Gasteiger partial charge >= 0.3 is 0 Å². The van der Waals surface area contributed by atoms with Crippen LogP contribution in [0.25, 0.3) is 0 Å². The number of carbonyl (C=O) groups excluding carboxylic acids is 1. The summed E-state index contributed by atoms with van der Waals surface area (Å²) in [6, 6.07) is 5.64. The maximum atomic E-state index is 12.5. The number of amides is 1. The van der Waals surface area contributed by atoms with E-state index in [0.717, 1.165) is 16.8 Å². The van der Waals surface area contributed by atoms with Gasteiger partial charge in [0, 0.05) is 28.1 Å². The smallest absolute Gasteiger partial charge is 0.255 e. The molecule has 1 aliphatic heterocycles. The minimum atomic E-state index is 0.0287. The molecule has 1 amide bonds. The van der Waals surface area contributed by atoms with Gasteiger partial charge in [0.15, 0.2) is 0 Å². The maximum Gasteiger partial charge on any atom is 0.255 e. The van der Waals surface area contributed by atoms with Gasteiger partial charge in [-0.1, -0.05) is 34.5 Å². The Balaban J connectivity index is 2.27. The van der Waals surface area contributed by atoms with E-state index in [1.165, 1.54) is 0 Å². The molecule has 0 radical (unpaired) electrons. The molecule has 2 rings (SSSR count). The molecule has 0 saturated carbocycles. The zero-order valence-electron chi connectivity index (χ0n) is 10.3. The highest BCUT2D eigenvalue weighted by Gasteiger charge is 2.30. The summed E-state index contributed by atoms with van der Waals surface area (Å²) in [5.41, 5.74) is 0.581. The number of rotatable bonds is 1. The van der Waals surface area contributed by atoms with Crippen molar-refractivity contribution in [3.8, 4) is 0 Å². The molecule has 1 fully saturated rings. The van der Waals surface area contributed by atoms with Gasteiger partial charge in [0.1, 0.15) is 0 Å². The highest BCUT2D eigenvalue weighted by molar-refractivity contribution is 9.10. The first-order chi connectivity index (χ1) is 8.50. The second-order valence-corrected chi connectivity index (χ2v) is 7.25. The summed E-state index contributed by atoms with van der Waals surface area (Å²) >= 11 is 11.4. The van der Waals surface area contributed by atoms with E-state index in [9.17, 15) is 4.79 Å². The molecule has 1 saturated heterocycles. The van der Waals surface area contributed by atoms with Crippen molar-refractivity contribution in [2.24, 2.45) is 0 Å². The van der Waals surface area contributed by atoms with E-state index in [1.54, 1.807) is 12.1 Å². The fraction of sp³-hybridized carbons (Fsp3) is 0.462. The molecule has 5 heteroatoms. The van der Waals surface area contributed by atoms with Crippen molar-refractivity contribution in [1.82, 2.24) is 4.90 Å². The van der Waals surface area contributed by atoms with E-state index in [-0.39, 0.29) is 11.9 Å². The third-order valence-electron chi connectivity index (χ3n) is 3.30. The minimum absolute atomic E-state index is 0.0287. The molecule has 0 bridgehead atoms. The molecule has 0 aromatic heterocycles. The van der Waals surface area contributed by atoms with E-state index in [4.69, 9.17) is 11.6 Å². The lowest BCUT2D eigenvalue weighted by atomic mass is 10.1. The predicted octanol–water partition coefficient (Wildman–Crippen LogP) is 4.07. The zero-order valence-corrected chi connectivity index (χ0v) is 13.5. The molecular formula is C13H15BrClNOS. The number of hydrogen-bond acceptors (Lipinski definition) is 2. The van der Waals surface area contributed by atoms with Crippen LogP contribution in [-0.2, 0) is 0 Å². The molecule has 2 atom stereocenters. The third kappa shape index (κ3) is 2.86. The van der Waals surface area contributed by atoms with E-state index in [2.05, 4.69) is 29.8 Å². The Labute approximate surface area is 125 Å². The number of carbonyl (C=O) groups is 1. The first kappa shape index (κ1) is 14.2. The lowest BCUT2D eigenvalue weighted by Gasteiger charge is -2.37. The highest BCUT2D eigenvalue weighted by atomic mass is 79.9. The first-order valence-electron chi connectivity index (χ1n) is 5.88. The van der Waals surface area contributed by atoms with Crippen LogP contribution in [0.15, 0.2) is 22.7 Å². The number of hydrogen-bond donors (Lipinski definition) is 0. The molecule has 98 valence electrons. The lowest BCUT2D eigenvalue weighted by Crippen LogP contribution is -2.48. The molecule has 1 heterocycles. The van der Waals surface area contributed by atoms with Crippen LogP contribution < -0.4 is 0 Å². The van der Waals surface area contributed by atoms with E-state index < -0.39 is 0 Å². The largest absolute Gasteiger partial charge is 0.334 e. The van der Waals surface area contributed by atoms with Gasteiger partial charge in [-0.3, -0.25) is 4.79 Å². The van der Waals surface area contributed by atoms with Gasteiger partial charge < -0.3 is 4.90 Å². The van der Waals surface area contributed by atoms with Crippen molar-refractivity contribution >= 4 is 45.2 Å². The topological polar surface area (TPSA) is 20.3 Å². The molecule has 1 aromatic rings. The minimum Gasteiger partial charge on any atom is -0.334 e. The molecule has 0 N–H and O–H groups in total. The normalized spacial score (nSPS) is 24.1. The molecular weight excluding hydrogens is 334 g/mol. The maximum absolute atomic E-state index is 12.5. The van der Waals surface area contributed by atoms with Crippen LogP contribution in [0.2, 0.25) is 5.02 Å². The fourth-order valence-electron chi connectivity index (χ4n) is 2.04. The SMILES string of the molecule is CC1SCCN(C(=O)c2cc(Br)ccc2Cl)C1C. The van der Waals surface area contributed by atoms with Crippen LogP contribution in [0.5, 0.6) is 0 Å². The van der Waals surface area contributed by atoms with Crippen molar-refractivity contribution in [2.45, 2.75) is 25.1 Å². The molecule has 18 heavy (non-hydrogen) atoms. The number of benzene rings is 1.